The van der Waals surface area contributed by atoms with E-state index in [-0.39, 0.29) is 0 Å². The van der Waals surface area contributed by atoms with E-state index in [1.54, 1.807) is 25.3 Å². The smallest absolute Gasteiger partial charge is 0.340 e. The normalized spacial score (nSPS) is 10.3. The molecule has 0 heterocycles. The van der Waals surface area contributed by atoms with Gasteiger partial charge in [-0.3, -0.25) is 0 Å². The summed E-state index contributed by atoms with van der Waals surface area (Å²) in [7, 11) is 2.94. The number of methoxy groups -OCH3 is 2. The number of carbonyl (C=O) groups excluding carboxylic acids is 1. The first-order chi connectivity index (χ1) is 9.70. The summed E-state index contributed by atoms with van der Waals surface area (Å²) in [5.41, 5.74) is 6.46. The minimum absolute atomic E-state index is 0.291. The van der Waals surface area contributed by atoms with E-state index in [1.165, 1.54) is 7.11 Å². The van der Waals surface area contributed by atoms with Crippen molar-refractivity contribution in [2.75, 3.05) is 46.4 Å². The Balaban J connectivity index is 2.39. The molecule has 0 aliphatic heterocycles. The first-order valence-electron chi connectivity index (χ1n) is 6.37. The van der Waals surface area contributed by atoms with Gasteiger partial charge in [0.15, 0.2) is 0 Å². The topological polar surface area (TPSA) is 80.0 Å². The van der Waals surface area contributed by atoms with Crippen molar-refractivity contribution in [2.24, 2.45) is 0 Å². The van der Waals surface area contributed by atoms with Crippen LogP contribution in [0.25, 0.3) is 0 Å². The lowest BCUT2D eigenvalue weighted by Crippen LogP contribution is -2.10. The number of rotatable bonds is 9. The van der Waals surface area contributed by atoms with Crippen LogP contribution in [-0.4, -0.2) is 46.6 Å². The third-order valence-corrected chi connectivity index (χ3v) is 2.59. The molecule has 0 aliphatic rings. The summed E-state index contributed by atoms with van der Waals surface area (Å²) < 4.78 is 20.4. The molecule has 1 aromatic carbocycles. The highest BCUT2D eigenvalue weighted by Crippen LogP contribution is 2.25. The molecule has 2 N–H and O–H groups in total. The summed E-state index contributed by atoms with van der Waals surface area (Å²) in [4.78, 5) is 11.5. The van der Waals surface area contributed by atoms with E-state index in [9.17, 15) is 4.79 Å². The average Bonchev–Trinajstić information content (AvgIpc) is 2.47. The Hall–Kier alpha value is -1.79. The van der Waals surface area contributed by atoms with E-state index in [4.69, 9.17) is 19.9 Å². The monoisotopic (exact) mass is 283 g/mol. The van der Waals surface area contributed by atoms with Gasteiger partial charge in [0, 0.05) is 20.1 Å². The van der Waals surface area contributed by atoms with Crippen LogP contribution in [-0.2, 0) is 14.2 Å². The van der Waals surface area contributed by atoms with Gasteiger partial charge in [0.2, 0.25) is 0 Å². The second-order valence-corrected chi connectivity index (χ2v) is 4.02. The highest BCUT2D eigenvalue weighted by atomic mass is 16.5. The second kappa shape index (κ2) is 9.17. The number of esters is 1. The van der Waals surface area contributed by atoms with Crippen molar-refractivity contribution in [3.63, 3.8) is 0 Å². The Morgan fingerprint density at radius 1 is 1.15 bits per heavy atom. The number of ether oxygens (including phenoxy) is 4. The van der Waals surface area contributed by atoms with E-state index < -0.39 is 5.97 Å². The number of hydrogen-bond donors (Lipinski definition) is 1. The van der Waals surface area contributed by atoms with Crippen LogP contribution in [0.15, 0.2) is 18.2 Å². The molecule has 0 aliphatic carbocycles. The van der Waals surface area contributed by atoms with Crippen molar-refractivity contribution in [2.45, 2.75) is 6.42 Å². The number of nitrogen functional groups attached to an aromatic ring is 1. The molecule has 20 heavy (non-hydrogen) atoms. The van der Waals surface area contributed by atoms with Gasteiger partial charge in [-0.2, -0.15) is 0 Å². The average molecular weight is 283 g/mol. The van der Waals surface area contributed by atoms with Crippen LogP contribution in [0.1, 0.15) is 16.8 Å². The zero-order valence-corrected chi connectivity index (χ0v) is 11.9. The summed E-state index contributed by atoms with van der Waals surface area (Å²) in [6, 6.07) is 5.02. The molecule has 0 unspecified atom stereocenters. The minimum atomic E-state index is -0.476. The molecule has 0 saturated heterocycles. The molecule has 6 nitrogen and oxygen atoms in total. The lowest BCUT2D eigenvalue weighted by molar-refractivity contribution is 0.0600. The lowest BCUT2D eigenvalue weighted by atomic mass is 10.1. The Labute approximate surface area is 118 Å². The fourth-order valence-electron chi connectivity index (χ4n) is 1.55. The van der Waals surface area contributed by atoms with E-state index in [2.05, 4.69) is 4.74 Å². The van der Waals surface area contributed by atoms with Crippen LogP contribution in [0, 0.1) is 0 Å². The van der Waals surface area contributed by atoms with Crippen molar-refractivity contribution < 1.29 is 23.7 Å². The molecule has 0 saturated carbocycles. The quantitative estimate of drug-likeness (QED) is 0.420. The van der Waals surface area contributed by atoms with Gasteiger partial charge in [-0.15, -0.1) is 0 Å². The van der Waals surface area contributed by atoms with E-state index in [0.717, 1.165) is 6.42 Å². The molecular weight excluding hydrogens is 262 g/mol. The standard InChI is InChI=1S/C14H21NO5/c1-17-9-10-19-7-4-8-20-12-6-3-5-11(13(12)15)14(16)18-2/h3,5-6H,4,7-10,15H2,1-2H3. The largest absolute Gasteiger partial charge is 0.491 e. The molecule has 0 fully saturated rings. The van der Waals surface area contributed by atoms with E-state index >= 15 is 0 Å². The highest BCUT2D eigenvalue weighted by Gasteiger charge is 2.13. The number of hydrogen-bond acceptors (Lipinski definition) is 6. The van der Waals surface area contributed by atoms with Crippen molar-refractivity contribution in [3.05, 3.63) is 23.8 Å². The molecule has 0 bridgehead atoms. The molecule has 0 radical (unpaired) electrons. The van der Waals surface area contributed by atoms with Crippen LogP contribution in [0.4, 0.5) is 5.69 Å². The molecule has 0 atom stereocenters. The summed E-state index contributed by atoms with van der Waals surface area (Å²) in [5.74, 6) is 0.000593. The summed E-state index contributed by atoms with van der Waals surface area (Å²) in [5, 5.41) is 0. The van der Waals surface area contributed by atoms with Crippen molar-refractivity contribution in [3.8, 4) is 5.75 Å². The molecule has 1 aromatic rings. The molecule has 0 amide bonds. The van der Waals surface area contributed by atoms with Gasteiger partial charge < -0.3 is 24.7 Å². The Kier molecular flexibility index (Phi) is 7.46. The maximum absolute atomic E-state index is 11.5. The molecule has 6 heteroatoms. The SMILES string of the molecule is COCCOCCCOc1cccc(C(=O)OC)c1N. The van der Waals surface area contributed by atoms with Gasteiger partial charge in [0.05, 0.1) is 38.2 Å². The zero-order chi connectivity index (χ0) is 14.8. The third-order valence-electron chi connectivity index (χ3n) is 2.59. The van der Waals surface area contributed by atoms with Gasteiger partial charge in [-0.1, -0.05) is 6.07 Å². The summed E-state index contributed by atoms with van der Waals surface area (Å²) >= 11 is 0. The molecular formula is C14H21NO5. The van der Waals surface area contributed by atoms with Gasteiger partial charge in [0.1, 0.15) is 5.75 Å². The molecule has 1 rings (SSSR count). The van der Waals surface area contributed by atoms with Crippen molar-refractivity contribution in [1.29, 1.82) is 0 Å². The predicted molar refractivity (Wildman–Crippen MR) is 75.0 cm³/mol. The maximum atomic E-state index is 11.5. The van der Waals surface area contributed by atoms with E-state index in [0.29, 0.717) is 43.4 Å². The number of benzene rings is 1. The van der Waals surface area contributed by atoms with Crippen LogP contribution in [0.3, 0.4) is 0 Å². The molecule has 0 aromatic heterocycles. The van der Waals surface area contributed by atoms with Gasteiger partial charge >= 0.3 is 5.97 Å². The molecule has 0 spiro atoms. The summed E-state index contributed by atoms with van der Waals surface area (Å²) in [6.07, 6.45) is 0.728. The first-order valence-corrected chi connectivity index (χ1v) is 6.37. The Bertz CT molecular complexity index is 422. The number of anilines is 1. The van der Waals surface area contributed by atoms with Crippen LogP contribution in [0.2, 0.25) is 0 Å². The zero-order valence-electron chi connectivity index (χ0n) is 11.9. The van der Waals surface area contributed by atoms with E-state index in [1.807, 2.05) is 0 Å². The number of carbonyl (C=O) groups is 1. The van der Waals surface area contributed by atoms with Gasteiger partial charge in [0.25, 0.3) is 0 Å². The predicted octanol–water partition coefficient (Wildman–Crippen LogP) is 1.49. The van der Waals surface area contributed by atoms with Crippen molar-refractivity contribution in [1.82, 2.24) is 0 Å². The summed E-state index contributed by atoms with van der Waals surface area (Å²) in [6.45, 7) is 2.19. The van der Waals surface area contributed by atoms with Gasteiger partial charge in [-0.05, 0) is 12.1 Å². The second-order valence-electron chi connectivity index (χ2n) is 4.02. The fraction of sp³-hybridized carbons (Fsp3) is 0.500. The highest BCUT2D eigenvalue weighted by molar-refractivity contribution is 5.96. The number of nitrogens with two attached hydrogens (primary N) is 1. The van der Waals surface area contributed by atoms with Crippen molar-refractivity contribution >= 4 is 11.7 Å². The lowest BCUT2D eigenvalue weighted by Gasteiger charge is -2.11. The van der Waals surface area contributed by atoms with Gasteiger partial charge in [-0.25, -0.2) is 4.79 Å². The number of para-hydroxylation sites is 1. The van der Waals surface area contributed by atoms with Crippen LogP contribution < -0.4 is 10.5 Å². The molecule has 112 valence electrons. The minimum Gasteiger partial charge on any atom is -0.491 e. The van der Waals surface area contributed by atoms with Crippen LogP contribution >= 0.6 is 0 Å². The van der Waals surface area contributed by atoms with Crippen LogP contribution in [0.5, 0.6) is 5.75 Å². The Morgan fingerprint density at radius 2 is 1.95 bits per heavy atom. The fourth-order valence-corrected chi connectivity index (χ4v) is 1.55. The maximum Gasteiger partial charge on any atom is 0.340 e. The third kappa shape index (κ3) is 5.07. The first kappa shape index (κ1) is 16.3. The Morgan fingerprint density at radius 3 is 2.65 bits per heavy atom.